The Morgan fingerprint density at radius 1 is 1.61 bits per heavy atom. The summed E-state index contributed by atoms with van der Waals surface area (Å²) < 4.78 is 5.10. The van der Waals surface area contributed by atoms with E-state index in [0.717, 1.165) is 0 Å². The fourth-order valence-corrected chi connectivity index (χ4v) is 2.33. The van der Waals surface area contributed by atoms with Gasteiger partial charge in [0.1, 0.15) is 5.01 Å². The molecule has 7 nitrogen and oxygen atoms in total. The van der Waals surface area contributed by atoms with Crippen LogP contribution < -0.4 is 11.1 Å². The van der Waals surface area contributed by atoms with Crippen molar-refractivity contribution in [3.63, 3.8) is 0 Å². The van der Waals surface area contributed by atoms with Gasteiger partial charge in [-0.3, -0.25) is 4.79 Å². The molecule has 8 heteroatoms. The highest BCUT2D eigenvalue weighted by Gasteiger charge is 2.31. The van der Waals surface area contributed by atoms with Crippen LogP contribution in [0.3, 0.4) is 0 Å². The standard InChI is InChI=1S/C10H13N3O4S/c11-6-3-17-2-5(6)9(14)12-1-8-13-7(4-18-8)10(15)16/h4-6H,1-3,11H2,(H,12,14)(H,15,16). The van der Waals surface area contributed by atoms with Gasteiger partial charge in [0.15, 0.2) is 5.69 Å². The average molecular weight is 271 g/mol. The molecular weight excluding hydrogens is 258 g/mol. The molecule has 1 fully saturated rings. The molecule has 1 aliphatic heterocycles. The topological polar surface area (TPSA) is 115 Å². The van der Waals surface area contributed by atoms with Crippen LogP contribution in [0.1, 0.15) is 15.5 Å². The second kappa shape index (κ2) is 5.42. The molecule has 1 aromatic heterocycles. The van der Waals surface area contributed by atoms with Gasteiger partial charge in [0.25, 0.3) is 0 Å². The van der Waals surface area contributed by atoms with E-state index in [1.54, 1.807) is 0 Å². The number of nitrogens with two attached hydrogens (primary N) is 1. The number of carbonyl (C=O) groups excluding carboxylic acids is 1. The van der Waals surface area contributed by atoms with E-state index < -0.39 is 5.97 Å². The Kier molecular flexibility index (Phi) is 3.90. The predicted molar refractivity (Wildman–Crippen MR) is 63.2 cm³/mol. The number of carboxylic acids is 1. The van der Waals surface area contributed by atoms with Gasteiger partial charge in [-0.25, -0.2) is 9.78 Å². The van der Waals surface area contributed by atoms with Crippen LogP contribution in [-0.4, -0.2) is 41.2 Å². The maximum Gasteiger partial charge on any atom is 0.355 e. The van der Waals surface area contributed by atoms with Crippen LogP contribution in [0.25, 0.3) is 0 Å². The number of carboxylic acid groups (broad SMARTS) is 1. The molecule has 1 amide bonds. The molecule has 0 spiro atoms. The molecule has 0 aliphatic carbocycles. The Hall–Kier alpha value is -1.51. The van der Waals surface area contributed by atoms with Gasteiger partial charge in [-0.2, -0.15) is 0 Å². The summed E-state index contributed by atoms with van der Waals surface area (Å²) in [6, 6.07) is -0.282. The minimum absolute atomic E-state index is 0.00912. The minimum atomic E-state index is -1.07. The molecule has 2 atom stereocenters. The molecule has 0 radical (unpaired) electrons. The van der Waals surface area contributed by atoms with E-state index in [1.807, 2.05) is 0 Å². The van der Waals surface area contributed by atoms with Crippen molar-refractivity contribution in [1.29, 1.82) is 0 Å². The van der Waals surface area contributed by atoms with Gasteiger partial charge in [-0.15, -0.1) is 11.3 Å². The molecule has 1 aliphatic rings. The maximum absolute atomic E-state index is 11.8. The van der Waals surface area contributed by atoms with Crippen molar-refractivity contribution in [1.82, 2.24) is 10.3 Å². The summed E-state index contributed by atoms with van der Waals surface area (Å²) in [5, 5.41) is 13.4. The van der Waals surface area contributed by atoms with Crippen molar-refractivity contribution in [2.75, 3.05) is 13.2 Å². The molecule has 0 saturated carbocycles. The lowest BCUT2D eigenvalue weighted by molar-refractivity contribution is -0.125. The first-order valence-electron chi connectivity index (χ1n) is 5.36. The third-order valence-corrected chi connectivity index (χ3v) is 3.49. The van der Waals surface area contributed by atoms with Gasteiger partial charge in [-0.1, -0.05) is 0 Å². The third kappa shape index (κ3) is 2.84. The Labute approximate surface area is 107 Å². The van der Waals surface area contributed by atoms with E-state index in [-0.39, 0.29) is 30.1 Å². The van der Waals surface area contributed by atoms with Crippen molar-refractivity contribution in [3.8, 4) is 0 Å². The number of thiazole rings is 1. The predicted octanol–water partition coefficient (Wildman–Crippen LogP) is -0.569. The number of nitrogens with zero attached hydrogens (tertiary/aromatic N) is 1. The van der Waals surface area contributed by atoms with E-state index in [2.05, 4.69) is 10.3 Å². The lowest BCUT2D eigenvalue weighted by Gasteiger charge is -2.12. The molecule has 4 N–H and O–H groups in total. The van der Waals surface area contributed by atoms with Crippen LogP contribution in [0.5, 0.6) is 0 Å². The first-order valence-corrected chi connectivity index (χ1v) is 6.24. The molecule has 1 saturated heterocycles. The summed E-state index contributed by atoms with van der Waals surface area (Å²) in [7, 11) is 0. The van der Waals surface area contributed by atoms with Gasteiger partial charge >= 0.3 is 5.97 Å². The van der Waals surface area contributed by atoms with Crippen LogP contribution in [0, 0.1) is 5.92 Å². The highest BCUT2D eigenvalue weighted by molar-refractivity contribution is 7.09. The lowest BCUT2D eigenvalue weighted by Crippen LogP contribution is -2.40. The summed E-state index contributed by atoms with van der Waals surface area (Å²) >= 11 is 1.19. The Balaban J connectivity index is 1.87. The van der Waals surface area contributed by atoms with Crippen molar-refractivity contribution in [2.45, 2.75) is 12.6 Å². The number of nitrogens with one attached hydrogen (secondary N) is 1. The van der Waals surface area contributed by atoms with Gasteiger partial charge < -0.3 is 20.9 Å². The zero-order chi connectivity index (χ0) is 13.1. The molecule has 2 rings (SSSR count). The number of aromatic carboxylic acids is 1. The normalized spacial score (nSPS) is 22.9. The number of ether oxygens (including phenoxy) is 1. The third-order valence-electron chi connectivity index (χ3n) is 2.65. The molecule has 2 heterocycles. The first-order chi connectivity index (χ1) is 8.58. The molecule has 1 aromatic rings. The summed E-state index contributed by atoms with van der Waals surface area (Å²) in [6.07, 6.45) is 0. The lowest BCUT2D eigenvalue weighted by atomic mass is 10.0. The fourth-order valence-electron chi connectivity index (χ4n) is 1.63. The average Bonchev–Trinajstić information content (AvgIpc) is 2.94. The summed E-state index contributed by atoms with van der Waals surface area (Å²) in [5.74, 6) is -1.61. The molecular formula is C10H13N3O4S. The van der Waals surface area contributed by atoms with Crippen LogP contribution >= 0.6 is 11.3 Å². The second-order valence-electron chi connectivity index (χ2n) is 3.96. The quantitative estimate of drug-likeness (QED) is 0.675. The Bertz CT molecular complexity index is 462. The van der Waals surface area contributed by atoms with Crippen molar-refractivity contribution < 1.29 is 19.4 Å². The smallest absolute Gasteiger partial charge is 0.355 e. The second-order valence-corrected chi connectivity index (χ2v) is 4.90. The number of hydrogen-bond donors (Lipinski definition) is 3. The summed E-state index contributed by atoms with van der Waals surface area (Å²) in [6.45, 7) is 0.920. The van der Waals surface area contributed by atoms with Crippen LogP contribution in [0.2, 0.25) is 0 Å². The van der Waals surface area contributed by atoms with Gasteiger partial charge in [0.2, 0.25) is 5.91 Å². The highest BCUT2D eigenvalue weighted by atomic mass is 32.1. The highest BCUT2D eigenvalue weighted by Crippen LogP contribution is 2.13. The van der Waals surface area contributed by atoms with Crippen LogP contribution in [0.15, 0.2) is 5.38 Å². The van der Waals surface area contributed by atoms with Crippen molar-refractivity contribution in [2.24, 2.45) is 11.7 Å². The Morgan fingerprint density at radius 3 is 2.94 bits per heavy atom. The number of carbonyl (C=O) groups is 2. The summed E-state index contributed by atoms with van der Waals surface area (Å²) in [5.41, 5.74) is 5.71. The SMILES string of the molecule is NC1COCC1C(=O)NCc1nc(C(=O)O)cs1. The van der Waals surface area contributed by atoms with Crippen molar-refractivity contribution >= 4 is 23.2 Å². The molecule has 2 unspecified atom stereocenters. The molecule has 0 bridgehead atoms. The number of amides is 1. The molecule has 0 aromatic carbocycles. The van der Waals surface area contributed by atoms with E-state index in [4.69, 9.17) is 15.6 Å². The molecule has 18 heavy (non-hydrogen) atoms. The van der Waals surface area contributed by atoms with E-state index in [1.165, 1.54) is 16.7 Å². The van der Waals surface area contributed by atoms with Gasteiger partial charge in [0.05, 0.1) is 25.7 Å². The first kappa shape index (κ1) is 12.9. The van der Waals surface area contributed by atoms with E-state index in [9.17, 15) is 9.59 Å². The maximum atomic E-state index is 11.8. The van der Waals surface area contributed by atoms with Crippen molar-refractivity contribution in [3.05, 3.63) is 16.1 Å². The molecule has 98 valence electrons. The largest absolute Gasteiger partial charge is 0.476 e. The minimum Gasteiger partial charge on any atom is -0.476 e. The zero-order valence-corrected chi connectivity index (χ0v) is 10.3. The van der Waals surface area contributed by atoms with Crippen LogP contribution in [0.4, 0.5) is 0 Å². The van der Waals surface area contributed by atoms with Crippen LogP contribution in [-0.2, 0) is 16.1 Å². The fraction of sp³-hybridized carbons (Fsp3) is 0.500. The Morgan fingerprint density at radius 2 is 2.39 bits per heavy atom. The number of hydrogen-bond acceptors (Lipinski definition) is 6. The zero-order valence-electron chi connectivity index (χ0n) is 9.46. The monoisotopic (exact) mass is 271 g/mol. The number of aromatic nitrogens is 1. The van der Waals surface area contributed by atoms with E-state index in [0.29, 0.717) is 18.2 Å². The van der Waals surface area contributed by atoms with Gasteiger partial charge in [0, 0.05) is 11.4 Å². The van der Waals surface area contributed by atoms with Gasteiger partial charge in [-0.05, 0) is 0 Å². The number of rotatable bonds is 4. The van der Waals surface area contributed by atoms with E-state index >= 15 is 0 Å². The summed E-state index contributed by atoms with van der Waals surface area (Å²) in [4.78, 5) is 26.3.